The number of nitrogens with zero attached hydrogens (tertiary/aromatic N) is 2. The van der Waals surface area contributed by atoms with Crippen molar-refractivity contribution >= 4 is 17.2 Å². The summed E-state index contributed by atoms with van der Waals surface area (Å²) in [5.74, 6) is 0.153. The van der Waals surface area contributed by atoms with Crippen LogP contribution in [0.1, 0.15) is 36.1 Å². The molecule has 1 saturated carbocycles. The van der Waals surface area contributed by atoms with E-state index in [4.69, 9.17) is 0 Å². The molecule has 0 atom stereocenters. The number of amides is 1. The van der Waals surface area contributed by atoms with E-state index in [1.54, 1.807) is 29.9 Å². The first kappa shape index (κ1) is 16.9. The summed E-state index contributed by atoms with van der Waals surface area (Å²) >= 11 is 1.69. The van der Waals surface area contributed by atoms with Crippen molar-refractivity contribution in [3.8, 4) is 11.3 Å². The van der Waals surface area contributed by atoms with Crippen LogP contribution >= 0.6 is 11.3 Å². The number of hydrogen-bond acceptors (Lipinski definition) is 4. The molecule has 5 heteroatoms. The largest absolute Gasteiger partial charge is 0.351 e. The third kappa shape index (κ3) is 3.27. The number of carbonyl (C=O) groups is 1. The minimum atomic E-state index is -0.338. The minimum absolute atomic E-state index is 0.153. The summed E-state index contributed by atoms with van der Waals surface area (Å²) < 4.78 is 0. The van der Waals surface area contributed by atoms with Crippen LogP contribution in [-0.2, 0) is 16.8 Å². The smallest absolute Gasteiger partial charge is 0.231 e. The summed E-state index contributed by atoms with van der Waals surface area (Å²) in [5, 5.41) is 5.24. The van der Waals surface area contributed by atoms with Gasteiger partial charge < -0.3 is 5.32 Å². The summed E-state index contributed by atoms with van der Waals surface area (Å²) in [5.41, 5.74) is 2.64. The SMILES string of the molecule is O=C(NCc1ccnc(-c2ccncc2)c1)C1(c2cccs2)CCCC1. The molecule has 0 aliphatic heterocycles. The second-order valence-electron chi connectivity index (χ2n) is 6.73. The third-order valence-electron chi connectivity index (χ3n) is 5.14. The lowest BCUT2D eigenvalue weighted by atomic mass is 9.83. The van der Waals surface area contributed by atoms with Gasteiger partial charge in [-0.15, -0.1) is 11.3 Å². The van der Waals surface area contributed by atoms with Gasteiger partial charge in [0.2, 0.25) is 5.91 Å². The van der Waals surface area contributed by atoms with Gasteiger partial charge >= 0.3 is 0 Å². The van der Waals surface area contributed by atoms with Crippen molar-refractivity contribution in [2.24, 2.45) is 0 Å². The third-order valence-corrected chi connectivity index (χ3v) is 6.21. The van der Waals surface area contributed by atoms with Gasteiger partial charge in [-0.2, -0.15) is 0 Å². The van der Waals surface area contributed by atoms with E-state index >= 15 is 0 Å². The molecule has 1 amide bonds. The predicted octanol–water partition coefficient (Wildman–Crippen LogP) is 4.33. The molecule has 3 heterocycles. The van der Waals surface area contributed by atoms with Gasteiger partial charge in [-0.05, 0) is 54.1 Å². The van der Waals surface area contributed by atoms with Gasteiger partial charge in [-0.3, -0.25) is 14.8 Å². The van der Waals surface area contributed by atoms with E-state index in [9.17, 15) is 4.79 Å². The Bertz CT molecular complexity index is 871. The van der Waals surface area contributed by atoms with Crippen LogP contribution in [0, 0.1) is 0 Å². The Morgan fingerprint density at radius 3 is 2.65 bits per heavy atom. The number of aromatic nitrogens is 2. The fourth-order valence-corrected chi connectivity index (χ4v) is 4.71. The Morgan fingerprint density at radius 2 is 1.92 bits per heavy atom. The van der Waals surface area contributed by atoms with E-state index in [0.717, 1.165) is 42.5 Å². The van der Waals surface area contributed by atoms with Crippen LogP contribution in [0.3, 0.4) is 0 Å². The van der Waals surface area contributed by atoms with Crippen molar-refractivity contribution in [2.75, 3.05) is 0 Å². The molecular formula is C21H21N3OS. The lowest BCUT2D eigenvalue weighted by Gasteiger charge is -2.26. The molecule has 0 radical (unpaired) electrons. The van der Waals surface area contributed by atoms with Crippen molar-refractivity contribution < 1.29 is 4.79 Å². The van der Waals surface area contributed by atoms with Crippen LogP contribution in [0.5, 0.6) is 0 Å². The zero-order chi connectivity index (χ0) is 17.8. The Hall–Kier alpha value is -2.53. The first-order chi connectivity index (χ1) is 12.8. The van der Waals surface area contributed by atoms with Gasteiger partial charge in [-0.1, -0.05) is 18.9 Å². The monoisotopic (exact) mass is 363 g/mol. The van der Waals surface area contributed by atoms with Crippen molar-refractivity contribution in [3.63, 3.8) is 0 Å². The van der Waals surface area contributed by atoms with Gasteiger partial charge in [0.05, 0.1) is 11.1 Å². The number of thiophene rings is 1. The lowest BCUT2D eigenvalue weighted by Crippen LogP contribution is -2.41. The molecule has 1 aliphatic carbocycles. The molecule has 0 spiro atoms. The van der Waals surface area contributed by atoms with Gasteiger partial charge in [0.1, 0.15) is 0 Å². The molecule has 4 rings (SSSR count). The average molecular weight is 363 g/mol. The van der Waals surface area contributed by atoms with Crippen LogP contribution in [0.4, 0.5) is 0 Å². The maximum absolute atomic E-state index is 13.1. The quantitative estimate of drug-likeness (QED) is 0.734. The number of pyridine rings is 2. The summed E-state index contributed by atoms with van der Waals surface area (Å²) in [6, 6.07) is 12.0. The first-order valence-electron chi connectivity index (χ1n) is 8.96. The van der Waals surface area contributed by atoms with Crippen molar-refractivity contribution in [3.05, 3.63) is 70.8 Å². The standard InChI is InChI=1S/C21H21N3OS/c25-20(21(8-1-2-9-21)19-4-3-13-26-19)24-15-16-5-12-23-18(14-16)17-6-10-22-11-7-17/h3-7,10-14H,1-2,8-9,15H2,(H,24,25). The number of nitrogens with one attached hydrogen (secondary N) is 1. The highest BCUT2D eigenvalue weighted by molar-refractivity contribution is 7.10. The average Bonchev–Trinajstić information content (AvgIpc) is 3.39. The molecule has 0 unspecified atom stereocenters. The predicted molar refractivity (Wildman–Crippen MR) is 104 cm³/mol. The van der Waals surface area contributed by atoms with Crippen LogP contribution in [0.15, 0.2) is 60.4 Å². The van der Waals surface area contributed by atoms with Crippen molar-refractivity contribution in [1.29, 1.82) is 0 Å². The number of rotatable bonds is 5. The Balaban J connectivity index is 1.49. The molecule has 26 heavy (non-hydrogen) atoms. The second kappa shape index (κ2) is 7.38. The highest BCUT2D eigenvalue weighted by atomic mass is 32.1. The highest BCUT2D eigenvalue weighted by Crippen LogP contribution is 2.43. The van der Waals surface area contributed by atoms with Crippen LogP contribution < -0.4 is 5.32 Å². The molecule has 0 saturated heterocycles. The van der Waals surface area contributed by atoms with Gasteiger partial charge in [0.15, 0.2) is 0 Å². The van der Waals surface area contributed by atoms with E-state index in [1.807, 2.05) is 30.3 Å². The van der Waals surface area contributed by atoms with Crippen LogP contribution in [0.2, 0.25) is 0 Å². The molecule has 1 aliphatic rings. The van der Waals surface area contributed by atoms with Gasteiger partial charge in [-0.25, -0.2) is 0 Å². The zero-order valence-corrected chi connectivity index (χ0v) is 15.3. The van der Waals surface area contributed by atoms with Crippen LogP contribution in [-0.4, -0.2) is 15.9 Å². The maximum Gasteiger partial charge on any atom is 0.231 e. The Kier molecular flexibility index (Phi) is 4.80. The summed E-state index contributed by atoms with van der Waals surface area (Å²) in [7, 11) is 0. The normalized spacial score (nSPS) is 15.7. The van der Waals surface area contributed by atoms with E-state index in [2.05, 4.69) is 26.7 Å². The summed E-state index contributed by atoms with van der Waals surface area (Å²) in [6.45, 7) is 0.520. The Labute approximate surface area is 157 Å². The lowest BCUT2D eigenvalue weighted by molar-refractivity contribution is -0.126. The summed E-state index contributed by atoms with van der Waals surface area (Å²) in [4.78, 5) is 22.7. The molecule has 1 N–H and O–H groups in total. The molecule has 132 valence electrons. The number of hydrogen-bond donors (Lipinski definition) is 1. The molecule has 1 fully saturated rings. The molecule has 0 bridgehead atoms. The summed E-state index contributed by atoms with van der Waals surface area (Å²) in [6.07, 6.45) is 9.43. The minimum Gasteiger partial charge on any atom is -0.351 e. The molecular weight excluding hydrogens is 342 g/mol. The van der Waals surface area contributed by atoms with E-state index < -0.39 is 0 Å². The van der Waals surface area contributed by atoms with Gasteiger partial charge in [0.25, 0.3) is 0 Å². The first-order valence-corrected chi connectivity index (χ1v) is 9.83. The van der Waals surface area contributed by atoms with E-state index in [1.165, 1.54) is 4.88 Å². The fraction of sp³-hybridized carbons (Fsp3) is 0.286. The van der Waals surface area contributed by atoms with Crippen molar-refractivity contribution in [1.82, 2.24) is 15.3 Å². The van der Waals surface area contributed by atoms with Crippen molar-refractivity contribution in [2.45, 2.75) is 37.6 Å². The molecule has 4 nitrogen and oxygen atoms in total. The highest BCUT2D eigenvalue weighted by Gasteiger charge is 2.43. The van der Waals surface area contributed by atoms with Gasteiger partial charge in [0, 0.05) is 35.6 Å². The van der Waals surface area contributed by atoms with Crippen LogP contribution in [0.25, 0.3) is 11.3 Å². The fourth-order valence-electron chi connectivity index (χ4n) is 3.73. The van der Waals surface area contributed by atoms with E-state index in [-0.39, 0.29) is 11.3 Å². The van der Waals surface area contributed by atoms with E-state index in [0.29, 0.717) is 6.54 Å². The molecule has 3 aromatic rings. The molecule has 0 aromatic carbocycles. The topological polar surface area (TPSA) is 54.9 Å². The molecule has 3 aromatic heterocycles. The Morgan fingerprint density at radius 1 is 1.12 bits per heavy atom. The number of carbonyl (C=O) groups excluding carboxylic acids is 1. The maximum atomic E-state index is 13.1. The second-order valence-corrected chi connectivity index (χ2v) is 7.68. The zero-order valence-electron chi connectivity index (χ0n) is 14.5.